The van der Waals surface area contributed by atoms with E-state index in [2.05, 4.69) is 43.8 Å². The monoisotopic (exact) mass is 563 g/mol. The van der Waals surface area contributed by atoms with Gasteiger partial charge in [0.2, 0.25) is 5.91 Å². The highest BCUT2D eigenvalue weighted by molar-refractivity contribution is 14.1. The topological polar surface area (TPSA) is 47.6 Å². The predicted octanol–water partition coefficient (Wildman–Crippen LogP) is 6.29. The van der Waals surface area contributed by atoms with Crippen LogP contribution in [0.2, 0.25) is 0 Å². The molecule has 0 bridgehead atoms. The van der Waals surface area contributed by atoms with Crippen molar-refractivity contribution < 1.29 is 14.3 Å². The van der Waals surface area contributed by atoms with Crippen LogP contribution in [0.25, 0.3) is 6.08 Å². The van der Waals surface area contributed by atoms with Crippen molar-refractivity contribution in [2.45, 2.75) is 6.61 Å². The van der Waals surface area contributed by atoms with Crippen molar-refractivity contribution >= 4 is 56.2 Å². The molecule has 1 N–H and O–H groups in total. The van der Waals surface area contributed by atoms with Crippen LogP contribution in [0, 0.1) is 3.57 Å². The minimum Gasteiger partial charge on any atom is -0.493 e. The molecule has 0 saturated carbocycles. The first kappa shape index (κ1) is 21.4. The van der Waals surface area contributed by atoms with E-state index >= 15 is 0 Å². The van der Waals surface area contributed by atoms with Crippen molar-refractivity contribution in [3.8, 4) is 11.5 Å². The maximum absolute atomic E-state index is 12.2. The first-order valence-corrected chi connectivity index (χ1v) is 10.7. The molecule has 0 unspecified atom stereocenters. The normalized spacial score (nSPS) is 10.7. The van der Waals surface area contributed by atoms with Gasteiger partial charge in [0.05, 0.1) is 11.6 Å². The Bertz CT molecular complexity index is 1000. The molecule has 0 aliphatic rings. The van der Waals surface area contributed by atoms with E-state index in [4.69, 9.17) is 9.47 Å². The van der Waals surface area contributed by atoms with Gasteiger partial charge in [0, 0.05) is 15.3 Å². The van der Waals surface area contributed by atoms with Crippen molar-refractivity contribution in [3.05, 3.63) is 92.0 Å². The fourth-order valence-corrected chi connectivity index (χ4v) is 3.53. The Labute approximate surface area is 192 Å². The summed E-state index contributed by atoms with van der Waals surface area (Å²) in [6.07, 6.45) is 3.22. The molecule has 6 heteroatoms. The number of rotatable bonds is 7. The predicted molar refractivity (Wildman–Crippen MR) is 128 cm³/mol. The van der Waals surface area contributed by atoms with Gasteiger partial charge in [0.25, 0.3) is 0 Å². The largest absolute Gasteiger partial charge is 0.493 e. The quantitative estimate of drug-likeness (QED) is 0.271. The van der Waals surface area contributed by atoms with Gasteiger partial charge in [0.15, 0.2) is 11.5 Å². The van der Waals surface area contributed by atoms with E-state index in [1.807, 2.05) is 66.7 Å². The van der Waals surface area contributed by atoms with Crippen LogP contribution in [0.1, 0.15) is 11.1 Å². The highest BCUT2D eigenvalue weighted by Crippen LogP contribution is 2.37. The Morgan fingerprint density at radius 3 is 2.52 bits per heavy atom. The molecule has 0 spiro atoms. The molecule has 0 heterocycles. The van der Waals surface area contributed by atoms with Crippen LogP contribution in [0.3, 0.4) is 0 Å². The molecule has 0 atom stereocenters. The van der Waals surface area contributed by atoms with Gasteiger partial charge in [-0.05, 0) is 92.1 Å². The number of nitrogens with one attached hydrogen (secondary N) is 1. The Morgan fingerprint density at radius 1 is 1.10 bits per heavy atom. The Balaban J connectivity index is 1.69. The minimum absolute atomic E-state index is 0.203. The molecule has 29 heavy (non-hydrogen) atoms. The molecule has 4 nitrogen and oxygen atoms in total. The summed E-state index contributed by atoms with van der Waals surface area (Å²) in [4.78, 5) is 12.2. The zero-order chi connectivity index (χ0) is 20.6. The van der Waals surface area contributed by atoms with Gasteiger partial charge in [-0.1, -0.05) is 30.3 Å². The van der Waals surface area contributed by atoms with Crippen molar-refractivity contribution in [1.82, 2.24) is 0 Å². The van der Waals surface area contributed by atoms with Crippen molar-refractivity contribution in [2.75, 3.05) is 12.4 Å². The van der Waals surface area contributed by atoms with E-state index in [0.29, 0.717) is 18.1 Å². The van der Waals surface area contributed by atoms with Crippen molar-refractivity contribution in [1.29, 1.82) is 0 Å². The molecular formula is C23H19BrINO3. The first-order chi connectivity index (χ1) is 14.0. The van der Waals surface area contributed by atoms with Gasteiger partial charge in [-0.15, -0.1) is 0 Å². The molecule has 3 aromatic carbocycles. The molecular weight excluding hydrogens is 545 g/mol. The number of hydrogen-bond acceptors (Lipinski definition) is 3. The standard InChI is InChI=1S/C23H19BrINO3/c1-28-21-14-17(7-12-22(27)26-19-10-8-18(25)9-11-19)13-20(24)23(21)29-15-16-5-3-2-4-6-16/h2-14H,15H2,1H3,(H,26,27)/b12-7+. The average molecular weight is 564 g/mol. The SMILES string of the molecule is COc1cc(/C=C/C(=O)Nc2ccc(I)cc2)cc(Br)c1OCc1ccccc1. The van der Waals surface area contributed by atoms with E-state index in [9.17, 15) is 4.79 Å². The Morgan fingerprint density at radius 2 is 1.83 bits per heavy atom. The van der Waals surface area contributed by atoms with Gasteiger partial charge in [-0.3, -0.25) is 4.79 Å². The molecule has 0 saturated heterocycles. The molecule has 0 fully saturated rings. The number of carbonyl (C=O) groups excluding carboxylic acids is 1. The van der Waals surface area contributed by atoms with Crippen LogP contribution in [0.15, 0.2) is 77.3 Å². The fraction of sp³-hybridized carbons (Fsp3) is 0.0870. The lowest BCUT2D eigenvalue weighted by Crippen LogP contribution is -2.07. The van der Waals surface area contributed by atoms with E-state index in [0.717, 1.165) is 24.9 Å². The lowest BCUT2D eigenvalue weighted by Gasteiger charge is -2.13. The highest BCUT2D eigenvalue weighted by atomic mass is 127. The molecule has 0 radical (unpaired) electrons. The van der Waals surface area contributed by atoms with E-state index in [1.54, 1.807) is 13.2 Å². The lowest BCUT2D eigenvalue weighted by atomic mass is 10.2. The molecule has 3 rings (SSSR count). The number of benzene rings is 3. The van der Waals surface area contributed by atoms with Gasteiger partial charge in [-0.2, -0.15) is 0 Å². The Kier molecular flexibility index (Phi) is 7.71. The zero-order valence-electron chi connectivity index (χ0n) is 15.7. The number of hydrogen-bond donors (Lipinski definition) is 1. The second-order valence-corrected chi connectivity index (χ2v) is 8.24. The number of methoxy groups -OCH3 is 1. The molecule has 0 aliphatic heterocycles. The van der Waals surface area contributed by atoms with Gasteiger partial charge >= 0.3 is 0 Å². The summed E-state index contributed by atoms with van der Waals surface area (Å²) in [6.45, 7) is 0.434. The summed E-state index contributed by atoms with van der Waals surface area (Å²) in [5, 5.41) is 2.84. The van der Waals surface area contributed by atoms with E-state index < -0.39 is 0 Å². The van der Waals surface area contributed by atoms with Crippen LogP contribution < -0.4 is 14.8 Å². The molecule has 1 amide bonds. The first-order valence-electron chi connectivity index (χ1n) is 8.84. The number of carbonyl (C=O) groups is 1. The van der Waals surface area contributed by atoms with E-state index in [1.165, 1.54) is 6.08 Å². The molecule has 148 valence electrons. The number of anilines is 1. The third-order valence-corrected chi connectivity index (χ3v) is 5.32. The van der Waals surface area contributed by atoms with Crippen molar-refractivity contribution in [2.24, 2.45) is 0 Å². The second kappa shape index (κ2) is 10.5. The van der Waals surface area contributed by atoms with Crippen LogP contribution >= 0.6 is 38.5 Å². The summed E-state index contributed by atoms with van der Waals surface area (Å²) in [5.74, 6) is 1.01. The van der Waals surface area contributed by atoms with Crippen LogP contribution in [0.4, 0.5) is 5.69 Å². The number of ether oxygens (including phenoxy) is 2. The second-order valence-electron chi connectivity index (χ2n) is 6.14. The number of amides is 1. The minimum atomic E-state index is -0.203. The van der Waals surface area contributed by atoms with Crippen molar-refractivity contribution in [3.63, 3.8) is 0 Å². The smallest absolute Gasteiger partial charge is 0.248 e. The molecule has 0 aromatic heterocycles. The van der Waals surface area contributed by atoms with Gasteiger partial charge < -0.3 is 14.8 Å². The third kappa shape index (κ3) is 6.33. The molecule has 0 aliphatic carbocycles. The summed E-state index contributed by atoms with van der Waals surface area (Å²) in [6, 6.07) is 21.3. The summed E-state index contributed by atoms with van der Waals surface area (Å²) in [7, 11) is 1.59. The van der Waals surface area contributed by atoms with Gasteiger partial charge in [0.1, 0.15) is 6.61 Å². The Hall–Kier alpha value is -2.32. The maximum Gasteiger partial charge on any atom is 0.248 e. The summed E-state index contributed by atoms with van der Waals surface area (Å²) >= 11 is 5.76. The van der Waals surface area contributed by atoms with Gasteiger partial charge in [-0.25, -0.2) is 0 Å². The third-order valence-electron chi connectivity index (χ3n) is 4.02. The van der Waals surface area contributed by atoms with Crippen LogP contribution in [0.5, 0.6) is 11.5 Å². The number of halogens is 2. The summed E-state index contributed by atoms with van der Waals surface area (Å²) in [5.41, 5.74) is 2.64. The molecule has 3 aromatic rings. The van der Waals surface area contributed by atoms with Crippen LogP contribution in [-0.4, -0.2) is 13.0 Å². The van der Waals surface area contributed by atoms with E-state index in [-0.39, 0.29) is 5.91 Å². The van der Waals surface area contributed by atoms with Crippen LogP contribution in [-0.2, 0) is 11.4 Å². The highest BCUT2D eigenvalue weighted by Gasteiger charge is 2.11. The fourth-order valence-electron chi connectivity index (χ4n) is 2.59. The maximum atomic E-state index is 12.2. The zero-order valence-corrected chi connectivity index (χ0v) is 19.4. The average Bonchev–Trinajstić information content (AvgIpc) is 2.73. The summed E-state index contributed by atoms with van der Waals surface area (Å²) < 4.78 is 13.3. The lowest BCUT2D eigenvalue weighted by molar-refractivity contribution is -0.111.